The van der Waals surface area contributed by atoms with Crippen molar-refractivity contribution in [3.05, 3.63) is 29.6 Å². The second kappa shape index (κ2) is 6.82. The average molecular weight is 229 g/mol. The van der Waals surface area contributed by atoms with Gasteiger partial charge in [0.05, 0.1) is 0 Å². The highest BCUT2D eigenvalue weighted by Gasteiger charge is 2.07. The Morgan fingerprint density at radius 2 is 2.27 bits per heavy atom. The van der Waals surface area contributed by atoms with Crippen LogP contribution in [0, 0.1) is 5.82 Å². The maximum Gasteiger partial charge on any atom is 0.137 e. The molecule has 0 aliphatic rings. The summed E-state index contributed by atoms with van der Waals surface area (Å²) >= 11 is 1.50. The molecule has 0 aliphatic carbocycles. The van der Waals surface area contributed by atoms with Gasteiger partial charge in [0.1, 0.15) is 5.82 Å². The minimum Gasteiger partial charge on any atom is -0.385 e. The van der Waals surface area contributed by atoms with Gasteiger partial charge in [-0.1, -0.05) is 12.1 Å². The van der Waals surface area contributed by atoms with E-state index >= 15 is 0 Å². The van der Waals surface area contributed by atoms with Crippen LogP contribution in [0.3, 0.4) is 0 Å². The second-order valence-electron chi connectivity index (χ2n) is 3.13. The van der Waals surface area contributed by atoms with Crippen molar-refractivity contribution in [2.45, 2.75) is 17.9 Å². The van der Waals surface area contributed by atoms with Gasteiger partial charge in [-0.2, -0.15) is 0 Å². The summed E-state index contributed by atoms with van der Waals surface area (Å²) in [5, 5.41) is 0. The minimum atomic E-state index is -0.180. The van der Waals surface area contributed by atoms with E-state index in [1.807, 2.05) is 6.07 Å². The van der Waals surface area contributed by atoms with Crippen LogP contribution in [0.25, 0.3) is 0 Å². The van der Waals surface area contributed by atoms with E-state index in [0.29, 0.717) is 18.0 Å². The third kappa shape index (κ3) is 3.81. The first-order valence-corrected chi connectivity index (χ1v) is 5.87. The molecule has 1 rings (SSSR count). The van der Waals surface area contributed by atoms with Gasteiger partial charge in [-0.3, -0.25) is 0 Å². The fourth-order valence-electron chi connectivity index (χ4n) is 1.25. The predicted molar refractivity (Wildman–Crippen MR) is 61.5 cm³/mol. The van der Waals surface area contributed by atoms with Crippen molar-refractivity contribution < 1.29 is 9.13 Å². The molecule has 0 atom stereocenters. The van der Waals surface area contributed by atoms with Crippen molar-refractivity contribution in [1.29, 1.82) is 0 Å². The average Bonchev–Trinajstić information content (AvgIpc) is 2.26. The molecule has 0 fully saturated rings. The Labute approximate surface area is 94.0 Å². The molecule has 4 heteroatoms. The normalized spacial score (nSPS) is 10.6. The number of rotatable bonds is 6. The van der Waals surface area contributed by atoms with E-state index in [1.165, 1.54) is 17.8 Å². The lowest BCUT2D eigenvalue weighted by Gasteiger charge is -2.08. The second-order valence-corrected chi connectivity index (χ2v) is 4.23. The summed E-state index contributed by atoms with van der Waals surface area (Å²) in [7, 11) is 1.67. The van der Waals surface area contributed by atoms with Crippen LogP contribution in [-0.2, 0) is 11.3 Å². The predicted octanol–water partition coefficient (Wildman–Crippen LogP) is 2.41. The monoisotopic (exact) mass is 229 g/mol. The number of hydrogen-bond acceptors (Lipinski definition) is 3. The first kappa shape index (κ1) is 12.5. The van der Waals surface area contributed by atoms with Crippen LogP contribution < -0.4 is 5.73 Å². The summed E-state index contributed by atoms with van der Waals surface area (Å²) in [6.45, 7) is 1.09. The lowest BCUT2D eigenvalue weighted by atomic mass is 10.2. The number of benzene rings is 1. The van der Waals surface area contributed by atoms with Gasteiger partial charge >= 0.3 is 0 Å². The third-order valence-corrected chi connectivity index (χ3v) is 3.25. The Kier molecular flexibility index (Phi) is 5.68. The van der Waals surface area contributed by atoms with Gasteiger partial charge in [0.15, 0.2) is 0 Å². The van der Waals surface area contributed by atoms with E-state index in [0.717, 1.165) is 17.7 Å². The molecule has 0 radical (unpaired) electrons. The van der Waals surface area contributed by atoms with E-state index in [2.05, 4.69) is 0 Å². The molecule has 0 bridgehead atoms. The van der Waals surface area contributed by atoms with Crippen LogP contribution >= 0.6 is 11.8 Å². The number of thioether (sulfide) groups is 1. The number of methoxy groups -OCH3 is 1. The van der Waals surface area contributed by atoms with Crippen molar-refractivity contribution in [3.8, 4) is 0 Å². The highest BCUT2D eigenvalue weighted by Crippen LogP contribution is 2.26. The van der Waals surface area contributed by atoms with Gasteiger partial charge in [-0.15, -0.1) is 11.8 Å². The van der Waals surface area contributed by atoms with Crippen LogP contribution in [-0.4, -0.2) is 19.5 Å². The van der Waals surface area contributed by atoms with Crippen LogP contribution in [0.15, 0.2) is 23.1 Å². The Hall–Kier alpha value is -0.580. The zero-order valence-electron chi connectivity index (χ0n) is 8.83. The molecule has 0 amide bonds. The van der Waals surface area contributed by atoms with Crippen molar-refractivity contribution >= 4 is 11.8 Å². The number of ether oxygens (including phenoxy) is 1. The maximum atomic E-state index is 13.4. The highest BCUT2D eigenvalue weighted by atomic mass is 32.2. The molecule has 0 saturated carbocycles. The molecular formula is C11H16FNOS. The van der Waals surface area contributed by atoms with Gasteiger partial charge in [0.2, 0.25) is 0 Å². The molecule has 0 saturated heterocycles. The van der Waals surface area contributed by atoms with E-state index in [-0.39, 0.29) is 5.82 Å². The quantitative estimate of drug-likeness (QED) is 0.601. The molecule has 0 aliphatic heterocycles. The first-order chi connectivity index (χ1) is 7.29. The molecule has 15 heavy (non-hydrogen) atoms. The lowest BCUT2D eigenvalue weighted by Crippen LogP contribution is -2.00. The Balaban J connectivity index is 2.58. The summed E-state index contributed by atoms with van der Waals surface area (Å²) in [6, 6.07) is 5.02. The standard InChI is InChI=1S/C11H16FNOS/c1-14-6-3-7-15-11-9(8-13)4-2-5-10(11)12/h2,4-5H,3,6-8,13H2,1H3. The molecule has 2 N–H and O–H groups in total. The van der Waals surface area contributed by atoms with Gasteiger partial charge < -0.3 is 10.5 Å². The third-order valence-electron chi connectivity index (χ3n) is 2.01. The van der Waals surface area contributed by atoms with E-state index in [1.54, 1.807) is 13.2 Å². The summed E-state index contributed by atoms with van der Waals surface area (Å²) in [4.78, 5) is 0.677. The highest BCUT2D eigenvalue weighted by molar-refractivity contribution is 7.99. The molecule has 1 aromatic carbocycles. The van der Waals surface area contributed by atoms with E-state index in [9.17, 15) is 4.39 Å². The smallest absolute Gasteiger partial charge is 0.137 e. The number of hydrogen-bond donors (Lipinski definition) is 1. The lowest BCUT2D eigenvalue weighted by molar-refractivity contribution is 0.200. The zero-order chi connectivity index (χ0) is 11.1. The Morgan fingerprint density at radius 3 is 2.93 bits per heavy atom. The maximum absolute atomic E-state index is 13.4. The van der Waals surface area contributed by atoms with Gasteiger partial charge in [-0.25, -0.2) is 4.39 Å². The topological polar surface area (TPSA) is 35.2 Å². The SMILES string of the molecule is COCCCSc1c(F)cccc1CN. The van der Waals surface area contributed by atoms with Crippen molar-refractivity contribution in [1.82, 2.24) is 0 Å². The molecule has 0 heterocycles. The van der Waals surface area contributed by atoms with Crippen molar-refractivity contribution in [2.24, 2.45) is 5.73 Å². The fourth-order valence-corrected chi connectivity index (χ4v) is 2.26. The summed E-state index contributed by atoms with van der Waals surface area (Å²) < 4.78 is 18.4. The fraction of sp³-hybridized carbons (Fsp3) is 0.455. The van der Waals surface area contributed by atoms with Gasteiger partial charge in [-0.05, 0) is 18.1 Å². The van der Waals surface area contributed by atoms with E-state index in [4.69, 9.17) is 10.5 Å². The van der Waals surface area contributed by atoms with Crippen LogP contribution in [0.2, 0.25) is 0 Å². The number of halogens is 1. The van der Waals surface area contributed by atoms with Crippen molar-refractivity contribution in [2.75, 3.05) is 19.5 Å². The molecular weight excluding hydrogens is 213 g/mol. The van der Waals surface area contributed by atoms with Crippen LogP contribution in [0.1, 0.15) is 12.0 Å². The molecule has 2 nitrogen and oxygen atoms in total. The summed E-state index contributed by atoms with van der Waals surface area (Å²) in [6.07, 6.45) is 0.916. The Morgan fingerprint density at radius 1 is 1.47 bits per heavy atom. The number of nitrogens with two attached hydrogens (primary N) is 1. The minimum absolute atomic E-state index is 0.180. The van der Waals surface area contributed by atoms with Crippen LogP contribution in [0.4, 0.5) is 4.39 Å². The van der Waals surface area contributed by atoms with Crippen molar-refractivity contribution in [3.63, 3.8) is 0 Å². The zero-order valence-corrected chi connectivity index (χ0v) is 9.65. The summed E-state index contributed by atoms with van der Waals surface area (Å²) in [5.74, 6) is 0.669. The molecule has 0 spiro atoms. The summed E-state index contributed by atoms with van der Waals surface area (Å²) in [5.41, 5.74) is 6.42. The van der Waals surface area contributed by atoms with Crippen LogP contribution in [0.5, 0.6) is 0 Å². The first-order valence-electron chi connectivity index (χ1n) is 4.88. The van der Waals surface area contributed by atoms with Gasteiger partial charge in [0, 0.05) is 30.9 Å². The molecule has 84 valence electrons. The molecule has 0 unspecified atom stereocenters. The largest absolute Gasteiger partial charge is 0.385 e. The Bertz CT molecular complexity index is 307. The molecule has 1 aromatic rings. The molecule has 0 aromatic heterocycles. The van der Waals surface area contributed by atoms with Gasteiger partial charge in [0.25, 0.3) is 0 Å². The van der Waals surface area contributed by atoms with E-state index < -0.39 is 0 Å².